The molecule has 0 bridgehead atoms. The van der Waals surface area contributed by atoms with Crippen molar-refractivity contribution < 1.29 is 19.7 Å². The van der Waals surface area contributed by atoms with Crippen LogP contribution in [0.4, 0.5) is 10.5 Å². The molecule has 0 fully saturated rings. The van der Waals surface area contributed by atoms with E-state index >= 15 is 0 Å². The molecule has 0 aliphatic carbocycles. The highest BCUT2D eigenvalue weighted by Gasteiger charge is 2.21. The standard InChI is InChI=1S/C15H21N3O4/c1-15(2,3)22-14(21)18-13-10(7-17-18)5-4-6-12(13)16-8-11(20)9-19/h4-7,11,16,19-20H,8-9H2,1-3H3. The van der Waals surface area contributed by atoms with Crippen LogP contribution in [0.5, 0.6) is 0 Å². The highest BCUT2D eigenvalue weighted by Crippen LogP contribution is 2.24. The fourth-order valence-corrected chi connectivity index (χ4v) is 1.96. The molecule has 3 N–H and O–H groups in total. The Morgan fingerprint density at radius 3 is 2.82 bits per heavy atom. The summed E-state index contributed by atoms with van der Waals surface area (Å²) in [6, 6.07) is 5.42. The first kappa shape index (κ1) is 16.3. The van der Waals surface area contributed by atoms with E-state index in [0.717, 1.165) is 5.39 Å². The summed E-state index contributed by atoms with van der Waals surface area (Å²) in [4.78, 5) is 12.2. The zero-order valence-corrected chi connectivity index (χ0v) is 12.9. The zero-order chi connectivity index (χ0) is 16.3. The average Bonchev–Trinajstić information content (AvgIpc) is 2.87. The summed E-state index contributed by atoms with van der Waals surface area (Å²) in [7, 11) is 0. The Morgan fingerprint density at radius 2 is 2.18 bits per heavy atom. The smallest absolute Gasteiger partial charge is 0.435 e. The Bertz CT molecular complexity index is 660. The van der Waals surface area contributed by atoms with Gasteiger partial charge < -0.3 is 20.3 Å². The van der Waals surface area contributed by atoms with E-state index in [1.807, 2.05) is 12.1 Å². The summed E-state index contributed by atoms with van der Waals surface area (Å²) in [5.74, 6) is 0. The number of anilines is 1. The molecule has 0 amide bonds. The molecule has 2 aromatic rings. The highest BCUT2D eigenvalue weighted by molar-refractivity contribution is 5.96. The van der Waals surface area contributed by atoms with E-state index in [1.165, 1.54) is 4.68 Å². The molecule has 120 valence electrons. The highest BCUT2D eigenvalue weighted by atomic mass is 16.6. The fourth-order valence-electron chi connectivity index (χ4n) is 1.96. The number of carbonyl (C=O) groups excluding carboxylic acids is 1. The summed E-state index contributed by atoms with van der Waals surface area (Å²) >= 11 is 0. The number of nitrogens with zero attached hydrogens (tertiary/aromatic N) is 2. The van der Waals surface area contributed by atoms with Gasteiger partial charge in [0.05, 0.1) is 24.6 Å². The van der Waals surface area contributed by atoms with Crippen molar-refractivity contribution in [2.24, 2.45) is 0 Å². The number of para-hydroxylation sites is 1. The molecule has 1 aromatic heterocycles. The maximum Gasteiger partial charge on any atom is 0.435 e. The van der Waals surface area contributed by atoms with Crippen LogP contribution >= 0.6 is 0 Å². The number of rotatable bonds is 4. The van der Waals surface area contributed by atoms with Gasteiger partial charge >= 0.3 is 6.09 Å². The molecule has 0 aliphatic heterocycles. The summed E-state index contributed by atoms with van der Waals surface area (Å²) in [6.07, 6.45) is 0.125. The van der Waals surface area contributed by atoms with Gasteiger partial charge in [-0.25, -0.2) is 4.79 Å². The van der Waals surface area contributed by atoms with Crippen molar-refractivity contribution in [1.29, 1.82) is 0 Å². The van der Waals surface area contributed by atoms with Gasteiger partial charge in [0, 0.05) is 11.9 Å². The van der Waals surface area contributed by atoms with E-state index in [9.17, 15) is 9.90 Å². The van der Waals surface area contributed by atoms with Crippen molar-refractivity contribution in [2.75, 3.05) is 18.5 Å². The quantitative estimate of drug-likeness (QED) is 0.793. The minimum Gasteiger partial charge on any atom is -0.442 e. The lowest BCUT2D eigenvalue weighted by atomic mass is 10.2. The second-order valence-electron chi connectivity index (χ2n) is 6.00. The van der Waals surface area contributed by atoms with Gasteiger partial charge in [-0.3, -0.25) is 0 Å². The third-order valence-corrected chi connectivity index (χ3v) is 2.90. The molecule has 0 saturated carbocycles. The Hall–Kier alpha value is -2.12. The number of aliphatic hydroxyl groups excluding tert-OH is 2. The second-order valence-corrected chi connectivity index (χ2v) is 6.00. The number of nitrogens with one attached hydrogen (secondary N) is 1. The van der Waals surface area contributed by atoms with E-state index in [-0.39, 0.29) is 13.2 Å². The molecule has 0 radical (unpaired) electrons. The molecule has 1 aromatic carbocycles. The van der Waals surface area contributed by atoms with E-state index < -0.39 is 17.8 Å². The molecule has 1 unspecified atom stereocenters. The number of ether oxygens (including phenoxy) is 1. The average molecular weight is 307 g/mol. The van der Waals surface area contributed by atoms with Crippen molar-refractivity contribution >= 4 is 22.7 Å². The van der Waals surface area contributed by atoms with Crippen molar-refractivity contribution in [3.05, 3.63) is 24.4 Å². The van der Waals surface area contributed by atoms with Gasteiger partial charge in [0.25, 0.3) is 0 Å². The van der Waals surface area contributed by atoms with Crippen LogP contribution in [0.1, 0.15) is 20.8 Å². The molecule has 0 saturated heterocycles. The first-order valence-electron chi connectivity index (χ1n) is 7.04. The van der Waals surface area contributed by atoms with Crippen LogP contribution in [0.15, 0.2) is 24.4 Å². The van der Waals surface area contributed by atoms with E-state index in [4.69, 9.17) is 9.84 Å². The first-order chi connectivity index (χ1) is 10.3. The van der Waals surface area contributed by atoms with Crippen molar-refractivity contribution in [3.8, 4) is 0 Å². The largest absolute Gasteiger partial charge is 0.442 e. The Morgan fingerprint density at radius 1 is 1.45 bits per heavy atom. The lowest BCUT2D eigenvalue weighted by Crippen LogP contribution is -2.28. The van der Waals surface area contributed by atoms with Gasteiger partial charge in [0.15, 0.2) is 0 Å². The topological polar surface area (TPSA) is 96.6 Å². The molecule has 22 heavy (non-hydrogen) atoms. The maximum atomic E-state index is 12.2. The molecule has 0 aliphatic rings. The molecule has 1 atom stereocenters. The minimum atomic E-state index is -0.881. The SMILES string of the molecule is CC(C)(C)OC(=O)n1ncc2cccc(NCC(O)CO)c21. The molecule has 7 heteroatoms. The lowest BCUT2D eigenvalue weighted by molar-refractivity contribution is 0.0523. The molecule has 1 heterocycles. The number of hydrogen-bond acceptors (Lipinski definition) is 6. The van der Waals surface area contributed by atoms with Crippen molar-refractivity contribution in [3.63, 3.8) is 0 Å². The third kappa shape index (κ3) is 3.75. The summed E-state index contributed by atoms with van der Waals surface area (Å²) in [5, 5.41) is 26.2. The monoisotopic (exact) mass is 307 g/mol. The molecular formula is C15H21N3O4. The number of carbonyl (C=O) groups is 1. The minimum absolute atomic E-state index is 0.162. The van der Waals surface area contributed by atoms with Gasteiger partial charge in [-0.2, -0.15) is 9.78 Å². The predicted octanol–water partition coefficient (Wildman–Crippen LogP) is 1.58. The predicted molar refractivity (Wildman–Crippen MR) is 82.9 cm³/mol. The van der Waals surface area contributed by atoms with E-state index in [1.54, 1.807) is 33.0 Å². The van der Waals surface area contributed by atoms with Crippen molar-refractivity contribution in [2.45, 2.75) is 32.5 Å². The van der Waals surface area contributed by atoms with Crippen LogP contribution in [0.2, 0.25) is 0 Å². The van der Waals surface area contributed by atoms with Crippen molar-refractivity contribution in [1.82, 2.24) is 9.78 Å². The van der Waals surface area contributed by atoms with Crippen LogP contribution in [0, 0.1) is 0 Å². The van der Waals surface area contributed by atoms with Gasteiger partial charge in [-0.1, -0.05) is 12.1 Å². The lowest BCUT2D eigenvalue weighted by Gasteiger charge is -2.19. The van der Waals surface area contributed by atoms with Crippen LogP contribution < -0.4 is 5.32 Å². The van der Waals surface area contributed by atoms with Crippen LogP contribution in [0.25, 0.3) is 10.9 Å². The number of fused-ring (bicyclic) bond motifs is 1. The zero-order valence-electron chi connectivity index (χ0n) is 12.9. The van der Waals surface area contributed by atoms with E-state index in [2.05, 4.69) is 10.4 Å². The normalized spacial score (nSPS) is 13.1. The summed E-state index contributed by atoms with van der Waals surface area (Å²) in [5.41, 5.74) is 0.584. The van der Waals surface area contributed by atoms with Gasteiger partial charge in [0.1, 0.15) is 11.1 Å². The van der Waals surface area contributed by atoms with Gasteiger partial charge in [0.2, 0.25) is 0 Å². The third-order valence-electron chi connectivity index (χ3n) is 2.90. The Labute approximate surface area is 128 Å². The number of hydrogen-bond donors (Lipinski definition) is 3. The molecule has 7 nitrogen and oxygen atoms in total. The Kier molecular flexibility index (Phi) is 4.68. The van der Waals surface area contributed by atoms with Gasteiger partial charge in [-0.15, -0.1) is 0 Å². The summed E-state index contributed by atoms with van der Waals surface area (Å²) < 4.78 is 6.53. The number of aliphatic hydroxyl groups is 2. The molecular weight excluding hydrogens is 286 g/mol. The van der Waals surface area contributed by atoms with E-state index in [0.29, 0.717) is 11.2 Å². The summed E-state index contributed by atoms with van der Waals surface area (Å²) in [6.45, 7) is 5.18. The number of benzene rings is 1. The van der Waals surface area contributed by atoms with Crippen LogP contribution in [-0.4, -0.2) is 50.9 Å². The Balaban J connectivity index is 2.34. The van der Waals surface area contributed by atoms with Crippen LogP contribution in [-0.2, 0) is 4.74 Å². The van der Waals surface area contributed by atoms with Crippen LogP contribution in [0.3, 0.4) is 0 Å². The second kappa shape index (κ2) is 6.33. The maximum absolute atomic E-state index is 12.2. The molecule has 0 spiro atoms. The molecule has 2 rings (SSSR count). The fraction of sp³-hybridized carbons (Fsp3) is 0.467. The van der Waals surface area contributed by atoms with Gasteiger partial charge in [-0.05, 0) is 26.8 Å². The first-order valence-corrected chi connectivity index (χ1v) is 7.04. The number of aromatic nitrogens is 2.